The Morgan fingerprint density at radius 3 is 2.48 bits per heavy atom. The number of nitrogens with zero attached hydrogens (tertiary/aromatic N) is 2. The molecule has 0 aliphatic carbocycles. The fraction of sp³-hybridized carbons (Fsp3) is 0.0556. The van der Waals surface area contributed by atoms with E-state index in [2.05, 4.69) is 20.6 Å². The highest BCUT2D eigenvalue weighted by Gasteiger charge is 2.09. The van der Waals surface area contributed by atoms with Crippen LogP contribution < -0.4 is 10.6 Å². The van der Waals surface area contributed by atoms with Crippen molar-refractivity contribution in [2.75, 3.05) is 10.6 Å². The number of carbonyl (C=O) groups excluding carboxylic acids is 1. The molecule has 0 aliphatic rings. The number of hydrogen-bond donors (Lipinski definition) is 2. The average Bonchev–Trinajstić information content (AvgIpc) is 2.63. The standard InChI is InChI=1S/C18H14ClFN4O/c19-13-3-1-12(2-4-13)10-21-17-9-16(22-11-23-17)18(25)24-15-7-5-14(20)6-8-15/h1-9,11H,10H2,(H,24,25)(H,21,22,23). The summed E-state index contributed by atoms with van der Waals surface area (Å²) in [5.74, 6) is -0.244. The minimum absolute atomic E-state index is 0.206. The van der Waals surface area contributed by atoms with Gasteiger partial charge in [-0.2, -0.15) is 0 Å². The molecule has 7 heteroatoms. The van der Waals surface area contributed by atoms with Crippen molar-refractivity contribution in [3.63, 3.8) is 0 Å². The predicted molar refractivity (Wildman–Crippen MR) is 95.2 cm³/mol. The number of hydrogen-bond acceptors (Lipinski definition) is 4. The van der Waals surface area contributed by atoms with Crippen molar-refractivity contribution < 1.29 is 9.18 Å². The van der Waals surface area contributed by atoms with E-state index in [1.165, 1.54) is 30.6 Å². The molecule has 0 bridgehead atoms. The summed E-state index contributed by atoms with van der Waals surface area (Å²) in [5, 5.41) is 6.45. The van der Waals surface area contributed by atoms with Gasteiger partial charge in [-0.1, -0.05) is 23.7 Å². The van der Waals surface area contributed by atoms with Gasteiger partial charge >= 0.3 is 0 Å². The molecule has 0 aliphatic heterocycles. The Morgan fingerprint density at radius 1 is 1.04 bits per heavy atom. The second-order valence-electron chi connectivity index (χ2n) is 5.23. The molecule has 2 aromatic carbocycles. The van der Waals surface area contributed by atoms with Gasteiger partial charge in [0.1, 0.15) is 23.7 Å². The second-order valence-corrected chi connectivity index (χ2v) is 5.67. The number of carbonyl (C=O) groups is 1. The summed E-state index contributed by atoms with van der Waals surface area (Å²) in [7, 11) is 0. The van der Waals surface area contributed by atoms with E-state index in [0.29, 0.717) is 23.1 Å². The Bertz CT molecular complexity index is 869. The number of rotatable bonds is 5. The van der Waals surface area contributed by atoms with Gasteiger partial charge in [0.25, 0.3) is 5.91 Å². The molecule has 0 fully saturated rings. The number of halogens is 2. The number of benzene rings is 2. The van der Waals surface area contributed by atoms with E-state index >= 15 is 0 Å². The van der Waals surface area contributed by atoms with Gasteiger partial charge in [0.15, 0.2) is 0 Å². The molecule has 3 rings (SSSR count). The normalized spacial score (nSPS) is 10.3. The van der Waals surface area contributed by atoms with Crippen LogP contribution in [0, 0.1) is 5.82 Å². The molecule has 0 radical (unpaired) electrons. The summed E-state index contributed by atoms with van der Waals surface area (Å²) < 4.78 is 12.9. The second kappa shape index (κ2) is 7.72. The Hall–Kier alpha value is -2.99. The molecule has 25 heavy (non-hydrogen) atoms. The molecule has 5 nitrogen and oxygen atoms in total. The van der Waals surface area contributed by atoms with E-state index in [0.717, 1.165) is 5.56 Å². The zero-order valence-electron chi connectivity index (χ0n) is 13.0. The van der Waals surface area contributed by atoms with Gasteiger partial charge in [0.05, 0.1) is 0 Å². The van der Waals surface area contributed by atoms with Gasteiger partial charge < -0.3 is 10.6 Å². The number of aromatic nitrogens is 2. The molecular weight excluding hydrogens is 343 g/mol. The highest BCUT2D eigenvalue weighted by molar-refractivity contribution is 6.30. The fourth-order valence-corrected chi connectivity index (χ4v) is 2.23. The first-order chi connectivity index (χ1) is 12.1. The third-order valence-corrected chi connectivity index (χ3v) is 3.64. The van der Waals surface area contributed by atoms with E-state index in [9.17, 15) is 9.18 Å². The van der Waals surface area contributed by atoms with Crippen LogP contribution in [0.3, 0.4) is 0 Å². The first kappa shape index (κ1) is 16.9. The van der Waals surface area contributed by atoms with Crippen molar-refractivity contribution in [2.24, 2.45) is 0 Å². The lowest BCUT2D eigenvalue weighted by Crippen LogP contribution is -2.14. The van der Waals surface area contributed by atoms with E-state index < -0.39 is 5.91 Å². The van der Waals surface area contributed by atoms with Crippen molar-refractivity contribution in [2.45, 2.75) is 6.54 Å². The number of nitrogens with one attached hydrogen (secondary N) is 2. The molecule has 0 spiro atoms. The topological polar surface area (TPSA) is 66.9 Å². The maximum atomic E-state index is 12.9. The van der Waals surface area contributed by atoms with Crippen molar-refractivity contribution in [3.8, 4) is 0 Å². The molecule has 3 aromatic rings. The zero-order valence-corrected chi connectivity index (χ0v) is 13.8. The van der Waals surface area contributed by atoms with Crippen LogP contribution in [-0.2, 0) is 6.54 Å². The van der Waals surface area contributed by atoms with Crippen LogP contribution in [0.1, 0.15) is 16.1 Å². The van der Waals surface area contributed by atoms with E-state index in [1.54, 1.807) is 18.2 Å². The van der Waals surface area contributed by atoms with Crippen molar-refractivity contribution in [1.82, 2.24) is 9.97 Å². The molecule has 0 saturated heterocycles. The lowest BCUT2D eigenvalue weighted by molar-refractivity contribution is 0.102. The molecule has 0 unspecified atom stereocenters. The summed E-state index contributed by atoms with van der Waals surface area (Å²) in [4.78, 5) is 20.3. The first-order valence-electron chi connectivity index (χ1n) is 7.47. The van der Waals surface area contributed by atoms with Gasteiger partial charge in [0, 0.05) is 23.3 Å². The Labute approximate surface area is 148 Å². The van der Waals surface area contributed by atoms with Gasteiger partial charge in [-0.05, 0) is 42.0 Å². The van der Waals surface area contributed by atoms with Crippen molar-refractivity contribution >= 4 is 29.0 Å². The summed E-state index contributed by atoms with van der Waals surface area (Å²) in [6.45, 7) is 0.535. The van der Waals surface area contributed by atoms with Crippen LogP contribution in [0.5, 0.6) is 0 Å². The van der Waals surface area contributed by atoms with Gasteiger partial charge in [-0.25, -0.2) is 14.4 Å². The smallest absolute Gasteiger partial charge is 0.274 e. The Balaban J connectivity index is 1.64. The van der Waals surface area contributed by atoms with E-state index in [4.69, 9.17) is 11.6 Å². The lowest BCUT2D eigenvalue weighted by atomic mass is 10.2. The first-order valence-corrected chi connectivity index (χ1v) is 7.85. The largest absolute Gasteiger partial charge is 0.366 e. The van der Waals surface area contributed by atoms with Crippen LogP contribution in [0.25, 0.3) is 0 Å². The van der Waals surface area contributed by atoms with E-state index in [-0.39, 0.29) is 11.5 Å². The molecule has 0 atom stereocenters. The lowest BCUT2D eigenvalue weighted by Gasteiger charge is -2.08. The van der Waals surface area contributed by atoms with Crippen LogP contribution in [0.2, 0.25) is 5.02 Å². The third-order valence-electron chi connectivity index (χ3n) is 3.39. The molecule has 126 valence electrons. The van der Waals surface area contributed by atoms with Crippen LogP contribution in [0.4, 0.5) is 15.9 Å². The Kier molecular flexibility index (Phi) is 5.20. The van der Waals surface area contributed by atoms with Crippen molar-refractivity contribution in [3.05, 3.63) is 83.0 Å². The number of amides is 1. The van der Waals surface area contributed by atoms with E-state index in [1.807, 2.05) is 12.1 Å². The molecule has 1 amide bonds. The maximum Gasteiger partial charge on any atom is 0.274 e. The SMILES string of the molecule is O=C(Nc1ccc(F)cc1)c1cc(NCc2ccc(Cl)cc2)ncn1. The highest BCUT2D eigenvalue weighted by atomic mass is 35.5. The third kappa shape index (κ3) is 4.74. The van der Waals surface area contributed by atoms with Gasteiger partial charge in [0.2, 0.25) is 0 Å². The minimum atomic E-state index is -0.399. The molecule has 1 aromatic heterocycles. The monoisotopic (exact) mass is 356 g/mol. The zero-order chi connectivity index (χ0) is 17.6. The molecule has 1 heterocycles. The summed E-state index contributed by atoms with van der Waals surface area (Å²) in [6.07, 6.45) is 1.31. The van der Waals surface area contributed by atoms with Gasteiger partial charge in [-0.3, -0.25) is 4.79 Å². The summed E-state index contributed by atoms with van der Waals surface area (Å²) in [6, 6.07) is 14.5. The fourth-order valence-electron chi connectivity index (χ4n) is 2.10. The quantitative estimate of drug-likeness (QED) is 0.721. The van der Waals surface area contributed by atoms with Crippen LogP contribution in [0.15, 0.2) is 60.9 Å². The van der Waals surface area contributed by atoms with Crippen molar-refractivity contribution in [1.29, 1.82) is 0 Å². The highest BCUT2D eigenvalue weighted by Crippen LogP contribution is 2.13. The van der Waals surface area contributed by atoms with Crippen LogP contribution >= 0.6 is 11.6 Å². The Morgan fingerprint density at radius 2 is 1.76 bits per heavy atom. The van der Waals surface area contributed by atoms with Gasteiger partial charge in [-0.15, -0.1) is 0 Å². The predicted octanol–water partition coefficient (Wildman–Crippen LogP) is 4.13. The average molecular weight is 357 g/mol. The van der Waals surface area contributed by atoms with Crippen LogP contribution in [-0.4, -0.2) is 15.9 Å². The minimum Gasteiger partial charge on any atom is -0.366 e. The summed E-state index contributed by atoms with van der Waals surface area (Å²) >= 11 is 5.85. The molecule has 0 saturated carbocycles. The molecular formula is C18H14ClFN4O. The number of anilines is 2. The molecule has 2 N–H and O–H groups in total. The summed E-state index contributed by atoms with van der Waals surface area (Å²) in [5.41, 5.74) is 1.72. The maximum absolute atomic E-state index is 12.9.